The minimum absolute atomic E-state index is 0.281. The van der Waals surface area contributed by atoms with Gasteiger partial charge in [0.05, 0.1) is 17.2 Å². The average Bonchev–Trinajstić information content (AvgIpc) is 2.99. The zero-order chi connectivity index (χ0) is 12.4. The molecule has 0 fully saturated rings. The molecule has 0 spiro atoms. The molecular formula is C12H11BrN2O3. The lowest BCUT2D eigenvalue weighted by atomic mass is 10.2. The molecule has 1 aromatic heterocycles. The van der Waals surface area contributed by atoms with Crippen molar-refractivity contribution in [3.05, 3.63) is 40.2 Å². The number of hydrogen-bond acceptors (Lipinski definition) is 5. The molecule has 0 atom stereocenters. The molecule has 1 N–H and O–H groups in total. The standard InChI is InChI=1S/C12H11BrN2O3/c13-10-3-8(4-11-12(10)17-7-16-11)5-14-6-9-1-2-15-18-9/h1-4,14H,5-7H2. The van der Waals surface area contributed by atoms with Crippen LogP contribution in [-0.2, 0) is 13.1 Å². The van der Waals surface area contributed by atoms with Crippen LogP contribution >= 0.6 is 15.9 Å². The van der Waals surface area contributed by atoms with Gasteiger partial charge in [0, 0.05) is 12.6 Å². The van der Waals surface area contributed by atoms with Crippen molar-refractivity contribution in [3.63, 3.8) is 0 Å². The molecule has 0 saturated heterocycles. The second-order valence-electron chi connectivity index (χ2n) is 3.89. The molecule has 18 heavy (non-hydrogen) atoms. The van der Waals surface area contributed by atoms with E-state index in [9.17, 15) is 0 Å². The Hall–Kier alpha value is -1.53. The number of halogens is 1. The highest BCUT2D eigenvalue weighted by Gasteiger charge is 2.17. The summed E-state index contributed by atoms with van der Waals surface area (Å²) in [5.74, 6) is 2.37. The molecule has 5 nitrogen and oxygen atoms in total. The van der Waals surface area contributed by atoms with E-state index in [-0.39, 0.29) is 6.79 Å². The van der Waals surface area contributed by atoms with Gasteiger partial charge in [-0.05, 0) is 33.6 Å². The summed E-state index contributed by atoms with van der Waals surface area (Å²) in [6.07, 6.45) is 1.63. The number of nitrogens with zero attached hydrogens (tertiary/aromatic N) is 1. The van der Waals surface area contributed by atoms with Crippen LogP contribution in [0.5, 0.6) is 11.5 Å². The van der Waals surface area contributed by atoms with E-state index in [1.54, 1.807) is 6.20 Å². The molecule has 0 amide bonds. The lowest BCUT2D eigenvalue weighted by Crippen LogP contribution is -2.12. The van der Waals surface area contributed by atoms with Crippen molar-refractivity contribution in [1.29, 1.82) is 0 Å². The summed E-state index contributed by atoms with van der Waals surface area (Å²) in [6, 6.07) is 5.82. The number of fused-ring (bicyclic) bond motifs is 1. The molecule has 1 aliphatic heterocycles. The van der Waals surface area contributed by atoms with E-state index >= 15 is 0 Å². The first kappa shape index (κ1) is 11.6. The van der Waals surface area contributed by atoms with Crippen molar-refractivity contribution in [2.24, 2.45) is 0 Å². The Bertz CT molecular complexity index is 543. The van der Waals surface area contributed by atoms with E-state index < -0.39 is 0 Å². The topological polar surface area (TPSA) is 56.5 Å². The SMILES string of the molecule is Brc1cc(CNCc2ccno2)cc2c1OCO2. The molecule has 3 rings (SSSR count). The molecule has 0 saturated carbocycles. The number of rotatable bonds is 4. The highest BCUT2D eigenvalue weighted by molar-refractivity contribution is 9.10. The molecule has 0 unspecified atom stereocenters. The predicted octanol–water partition coefficient (Wildman–Crippen LogP) is 2.46. The van der Waals surface area contributed by atoms with Crippen molar-refractivity contribution in [2.75, 3.05) is 6.79 Å². The maximum Gasteiger partial charge on any atom is 0.231 e. The van der Waals surface area contributed by atoms with Gasteiger partial charge < -0.3 is 19.3 Å². The van der Waals surface area contributed by atoms with E-state index in [1.165, 1.54) is 0 Å². The normalized spacial score (nSPS) is 12.9. The van der Waals surface area contributed by atoms with E-state index in [4.69, 9.17) is 14.0 Å². The summed E-state index contributed by atoms with van der Waals surface area (Å²) in [4.78, 5) is 0. The summed E-state index contributed by atoms with van der Waals surface area (Å²) in [6.45, 7) is 1.64. The van der Waals surface area contributed by atoms with Gasteiger partial charge in [-0.25, -0.2) is 0 Å². The first-order valence-electron chi connectivity index (χ1n) is 5.51. The van der Waals surface area contributed by atoms with Crippen LogP contribution < -0.4 is 14.8 Å². The van der Waals surface area contributed by atoms with Crippen molar-refractivity contribution in [1.82, 2.24) is 10.5 Å². The fourth-order valence-corrected chi connectivity index (χ4v) is 2.39. The third-order valence-electron chi connectivity index (χ3n) is 2.61. The summed E-state index contributed by atoms with van der Waals surface area (Å²) in [5, 5.41) is 6.92. The van der Waals surface area contributed by atoms with E-state index in [0.29, 0.717) is 6.54 Å². The first-order valence-corrected chi connectivity index (χ1v) is 6.30. The van der Waals surface area contributed by atoms with E-state index in [1.807, 2.05) is 18.2 Å². The molecule has 1 aliphatic rings. The van der Waals surface area contributed by atoms with Crippen molar-refractivity contribution in [3.8, 4) is 11.5 Å². The Labute approximate surface area is 112 Å². The van der Waals surface area contributed by atoms with Crippen LogP contribution in [0, 0.1) is 0 Å². The van der Waals surface area contributed by atoms with Crippen LogP contribution in [-0.4, -0.2) is 11.9 Å². The Morgan fingerprint density at radius 1 is 1.28 bits per heavy atom. The largest absolute Gasteiger partial charge is 0.454 e. The van der Waals surface area contributed by atoms with Crippen molar-refractivity contribution in [2.45, 2.75) is 13.1 Å². The fourth-order valence-electron chi connectivity index (χ4n) is 1.79. The van der Waals surface area contributed by atoms with E-state index in [2.05, 4.69) is 26.4 Å². The lowest BCUT2D eigenvalue weighted by molar-refractivity contribution is 0.173. The maximum atomic E-state index is 5.36. The van der Waals surface area contributed by atoms with E-state index in [0.717, 1.165) is 33.8 Å². The second-order valence-corrected chi connectivity index (χ2v) is 4.75. The van der Waals surface area contributed by atoms with Crippen LogP contribution in [0.4, 0.5) is 0 Å². The third-order valence-corrected chi connectivity index (χ3v) is 3.20. The predicted molar refractivity (Wildman–Crippen MR) is 67.3 cm³/mol. The van der Waals surface area contributed by atoms with Crippen LogP contribution in [0.2, 0.25) is 0 Å². The lowest BCUT2D eigenvalue weighted by Gasteiger charge is -2.06. The summed E-state index contributed by atoms with van der Waals surface area (Å²) in [5.41, 5.74) is 1.12. The number of ether oxygens (including phenoxy) is 2. The number of hydrogen-bond donors (Lipinski definition) is 1. The Kier molecular flexibility index (Phi) is 3.21. The van der Waals surface area contributed by atoms with Gasteiger partial charge in [-0.1, -0.05) is 5.16 Å². The van der Waals surface area contributed by atoms with Gasteiger partial charge in [-0.15, -0.1) is 0 Å². The van der Waals surface area contributed by atoms with Crippen LogP contribution in [0.15, 0.2) is 33.4 Å². The fraction of sp³-hybridized carbons (Fsp3) is 0.250. The number of aromatic nitrogens is 1. The minimum Gasteiger partial charge on any atom is -0.454 e. The van der Waals surface area contributed by atoms with Gasteiger partial charge in [0.25, 0.3) is 0 Å². The van der Waals surface area contributed by atoms with Crippen molar-refractivity contribution >= 4 is 15.9 Å². The summed E-state index contributed by atoms with van der Waals surface area (Å²) in [7, 11) is 0. The molecular weight excluding hydrogens is 300 g/mol. The van der Waals surface area contributed by atoms with Gasteiger partial charge in [0.15, 0.2) is 11.5 Å². The number of nitrogens with one attached hydrogen (secondary N) is 1. The highest BCUT2D eigenvalue weighted by atomic mass is 79.9. The molecule has 0 radical (unpaired) electrons. The summed E-state index contributed by atoms with van der Waals surface area (Å²) < 4.78 is 16.6. The molecule has 2 aromatic rings. The van der Waals surface area contributed by atoms with Gasteiger partial charge in [-0.2, -0.15) is 0 Å². The molecule has 6 heteroatoms. The summed E-state index contributed by atoms with van der Waals surface area (Å²) >= 11 is 3.47. The first-order chi connectivity index (χ1) is 8.83. The zero-order valence-corrected chi connectivity index (χ0v) is 11.1. The average molecular weight is 311 g/mol. The smallest absolute Gasteiger partial charge is 0.231 e. The van der Waals surface area contributed by atoms with Crippen LogP contribution in [0.3, 0.4) is 0 Å². The molecule has 94 valence electrons. The van der Waals surface area contributed by atoms with Gasteiger partial charge >= 0.3 is 0 Å². The molecule has 1 aromatic carbocycles. The van der Waals surface area contributed by atoms with Crippen LogP contribution in [0.25, 0.3) is 0 Å². The van der Waals surface area contributed by atoms with Gasteiger partial charge in [0.2, 0.25) is 6.79 Å². The van der Waals surface area contributed by atoms with Crippen LogP contribution in [0.1, 0.15) is 11.3 Å². The Morgan fingerprint density at radius 3 is 3.06 bits per heavy atom. The minimum atomic E-state index is 0.281. The third kappa shape index (κ3) is 2.34. The number of benzene rings is 1. The Balaban J connectivity index is 1.65. The molecule has 0 bridgehead atoms. The zero-order valence-electron chi connectivity index (χ0n) is 9.48. The second kappa shape index (κ2) is 4.99. The quantitative estimate of drug-likeness (QED) is 0.940. The highest BCUT2D eigenvalue weighted by Crippen LogP contribution is 2.39. The molecule has 0 aliphatic carbocycles. The maximum absolute atomic E-state index is 5.36. The monoisotopic (exact) mass is 310 g/mol. The Morgan fingerprint density at radius 2 is 2.22 bits per heavy atom. The van der Waals surface area contributed by atoms with Gasteiger partial charge in [0.1, 0.15) is 5.76 Å². The van der Waals surface area contributed by atoms with Crippen molar-refractivity contribution < 1.29 is 14.0 Å². The molecule has 2 heterocycles. The van der Waals surface area contributed by atoms with Gasteiger partial charge in [-0.3, -0.25) is 0 Å².